The van der Waals surface area contributed by atoms with Gasteiger partial charge in [-0.3, -0.25) is 0 Å². The number of nitrogens with one attached hydrogen (secondary N) is 1. The number of aromatic nitrogens is 1. The lowest BCUT2D eigenvalue weighted by Crippen LogP contribution is -2.35. The number of carboxylic acid groups (broad SMARTS) is 1. The van der Waals surface area contributed by atoms with Gasteiger partial charge in [-0.2, -0.15) is 0 Å². The summed E-state index contributed by atoms with van der Waals surface area (Å²) in [5, 5.41) is 13.7. The summed E-state index contributed by atoms with van der Waals surface area (Å²) in [7, 11) is 0. The molecule has 3 heterocycles. The van der Waals surface area contributed by atoms with Crippen LogP contribution in [-0.2, 0) is 23.1 Å². The summed E-state index contributed by atoms with van der Waals surface area (Å²) in [4.78, 5) is 17.5. The first-order valence-electron chi connectivity index (χ1n) is 8.30. The van der Waals surface area contributed by atoms with Gasteiger partial charge < -0.3 is 15.2 Å². The molecule has 2 aliphatic heterocycles. The fourth-order valence-electron chi connectivity index (χ4n) is 3.61. The summed E-state index contributed by atoms with van der Waals surface area (Å²) in [6, 6.07) is 7.30. The Bertz CT molecular complexity index is 725. The van der Waals surface area contributed by atoms with E-state index in [1.54, 1.807) is 23.5 Å². The minimum atomic E-state index is -0.890. The van der Waals surface area contributed by atoms with Gasteiger partial charge in [-0.25, -0.2) is 9.78 Å². The summed E-state index contributed by atoms with van der Waals surface area (Å²) in [5.41, 5.74) is 2.54. The van der Waals surface area contributed by atoms with Crippen LogP contribution in [0, 0.1) is 0 Å². The topological polar surface area (TPSA) is 71.5 Å². The van der Waals surface area contributed by atoms with Crippen LogP contribution < -0.4 is 5.32 Å². The molecule has 4 rings (SSSR count). The summed E-state index contributed by atoms with van der Waals surface area (Å²) >= 11 is 1.80. The summed E-state index contributed by atoms with van der Waals surface area (Å²) in [6.07, 6.45) is 2.76. The summed E-state index contributed by atoms with van der Waals surface area (Å²) in [5.74, 6) is -0.890. The van der Waals surface area contributed by atoms with Gasteiger partial charge in [0.25, 0.3) is 0 Å². The second-order valence-electron chi connectivity index (χ2n) is 6.39. The van der Waals surface area contributed by atoms with E-state index in [9.17, 15) is 4.79 Å². The quantitative estimate of drug-likeness (QED) is 0.895. The zero-order valence-corrected chi connectivity index (χ0v) is 14.2. The Morgan fingerprint density at radius 3 is 2.67 bits per heavy atom. The number of benzene rings is 1. The number of rotatable bonds is 3. The molecule has 0 unspecified atom stereocenters. The van der Waals surface area contributed by atoms with Crippen LogP contribution >= 0.6 is 11.3 Å². The molecule has 6 heteroatoms. The van der Waals surface area contributed by atoms with Crippen LogP contribution in [0.5, 0.6) is 0 Å². The number of fused-ring (bicyclic) bond motifs is 1. The van der Waals surface area contributed by atoms with Gasteiger partial charge in [-0.15, -0.1) is 11.3 Å². The molecule has 2 N–H and O–H groups in total. The average Bonchev–Trinajstić information content (AvgIpc) is 3.07. The first-order chi connectivity index (χ1) is 11.7. The Hall–Kier alpha value is -1.76. The van der Waals surface area contributed by atoms with Gasteiger partial charge in [0.1, 0.15) is 5.01 Å². The van der Waals surface area contributed by atoms with Crippen molar-refractivity contribution in [2.45, 2.75) is 31.2 Å². The number of hydrogen-bond donors (Lipinski definition) is 2. The number of nitrogens with zero attached hydrogens (tertiary/aromatic N) is 1. The molecule has 1 aromatic carbocycles. The normalized spacial score (nSPS) is 19.7. The van der Waals surface area contributed by atoms with Crippen molar-refractivity contribution in [2.75, 3.05) is 19.8 Å². The molecular formula is C18H20N2O3S. The second-order valence-corrected chi connectivity index (χ2v) is 7.48. The van der Waals surface area contributed by atoms with E-state index < -0.39 is 5.97 Å². The average molecular weight is 344 g/mol. The van der Waals surface area contributed by atoms with E-state index in [0.29, 0.717) is 18.8 Å². The SMILES string of the molecule is O=C(O)c1ccc(C2(c3nc4c(s3)CNCC4)CCOCC2)cc1. The molecule has 0 bridgehead atoms. The maximum Gasteiger partial charge on any atom is 0.335 e. The molecule has 0 amide bonds. The van der Waals surface area contributed by atoms with Crippen LogP contribution in [0.15, 0.2) is 24.3 Å². The van der Waals surface area contributed by atoms with Gasteiger partial charge >= 0.3 is 5.97 Å². The minimum absolute atomic E-state index is 0.155. The Morgan fingerprint density at radius 2 is 2.00 bits per heavy atom. The highest BCUT2D eigenvalue weighted by atomic mass is 32.1. The zero-order valence-electron chi connectivity index (χ0n) is 13.4. The molecule has 0 radical (unpaired) electrons. The zero-order chi connectivity index (χ0) is 16.6. The van der Waals surface area contributed by atoms with Crippen molar-refractivity contribution in [3.8, 4) is 0 Å². The Morgan fingerprint density at radius 1 is 1.25 bits per heavy atom. The molecular weight excluding hydrogens is 324 g/mol. The minimum Gasteiger partial charge on any atom is -0.478 e. The van der Waals surface area contributed by atoms with E-state index in [2.05, 4.69) is 5.32 Å². The molecule has 1 fully saturated rings. The molecule has 5 nitrogen and oxygen atoms in total. The van der Waals surface area contributed by atoms with Gasteiger partial charge in [0.15, 0.2) is 0 Å². The van der Waals surface area contributed by atoms with Gasteiger partial charge in [0, 0.05) is 37.6 Å². The molecule has 2 aliphatic rings. The fraction of sp³-hybridized carbons (Fsp3) is 0.444. The van der Waals surface area contributed by atoms with E-state index in [0.717, 1.165) is 42.9 Å². The molecule has 0 saturated carbocycles. The van der Waals surface area contributed by atoms with Crippen LogP contribution in [0.1, 0.15) is 44.3 Å². The highest BCUT2D eigenvalue weighted by Crippen LogP contribution is 2.44. The van der Waals surface area contributed by atoms with Crippen molar-refractivity contribution in [3.05, 3.63) is 51.0 Å². The smallest absolute Gasteiger partial charge is 0.335 e. The van der Waals surface area contributed by atoms with Crippen LogP contribution in [-0.4, -0.2) is 35.8 Å². The van der Waals surface area contributed by atoms with Gasteiger partial charge in [-0.1, -0.05) is 12.1 Å². The molecule has 0 atom stereocenters. The lowest BCUT2D eigenvalue weighted by Gasteiger charge is -2.36. The van der Waals surface area contributed by atoms with E-state index in [4.69, 9.17) is 14.8 Å². The molecule has 0 spiro atoms. The van der Waals surface area contributed by atoms with Crippen LogP contribution in [0.2, 0.25) is 0 Å². The van der Waals surface area contributed by atoms with E-state index in [-0.39, 0.29) is 5.41 Å². The Labute approximate surface area is 144 Å². The third kappa shape index (κ3) is 2.64. The third-order valence-electron chi connectivity index (χ3n) is 5.04. The lowest BCUT2D eigenvalue weighted by atomic mass is 9.74. The summed E-state index contributed by atoms with van der Waals surface area (Å²) < 4.78 is 5.60. The van der Waals surface area contributed by atoms with Gasteiger partial charge in [0.2, 0.25) is 0 Å². The monoisotopic (exact) mass is 344 g/mol. The number of ether oxygens (including phenoxy) is 1. The van der Waals surface area contributed by atoms with Crippen LogP contribution in [0.3, 0.4) is 0 Å². The van der Waals surface area contributed by atoms with E-state index >= 15 is 0 Å². The highest BCUT2D eigenvalue weighted by molar-refractivity contribution is 7.12. The third-order valence-corrected chi connectivity index (χ3v) is 6.34. The lowest BCUT2D eigenvalue weighted by molar-refractivity contribution is 0.0628. The number of hydrogen-bond acceptors (Lipinski definition) is 5. The maximum absolute atomic E-state index is 11.1. The Balaban J connectivity index is 1.77. The standard InChI is InChI=1S/C18H20N2O3S/c21-16(22)12-1-3-13(4-2-12)18(6-9-23-10-7-18)17-20-14-5-8-19-11-15(14)24-17/h1-4,19H,5-11H2,(H,21,22). The van der Waals surface area contributed by atoms with Crippen molar-refractivity contribution in [3.63, 3.8) is 0 Å². The predicted octanol–water partition coefficient (Wildman–Crippen LogP) is 2.58. The number of carbonyl (C=O) groups is 1. The number of carboxylic acids is 1. The molecule has 126 valence electrons. The Kier molecular flexibility index (Phi) is 4.12. The first-order valence-corrected chi connectivity index (χ1v) is 9.12. The molecule has 0 aliphatic carbocycles. The predicted molar refractivity (Wildman–Crippen MR) is 91.8 cm³/mol. The maximum atomic E-state index is 11.1. The number of thiazole rings is 1. The van der Waals surface area contributed by atoms with Crippen LogP contribution in [0.4, 0.5) is 0 Å². The van der Waals surface area contributed by atoms with Crippen molar-refractivity contribution >= 4 is 17.3 Å². The first kappa shape index (κ1) is 15.7. The largest absolute Gasteiger partial charge is 0.478 e. The molecule has 1 aromatic heterocycles. The molecule has 24 heavy (non-hydrogen) atoms. The number of aromatic carboxylic acids is 1. The van der Waals surface area contributed by atoms with E-state index in [1.165, 1.54) is 10.6 Å². The van der Waals surface area contributed by atoms with Gasteiger partial charge in [-0.05, 0) is 30.5 Å². The molecule has 2 aromatic rings. The second kappa shape index (κ2) is 6.27. The van der Waals surface area contributed by atoms with Crippen molar-refractivity contribution in [2.24, 2.45) is 0 Å². The highest BCUT2D eigenvalue weighted by Gasteiger charge is 2.40. The fourth-order valence-corrected chi connectivity index (χ4v) is 4.95. The van der Waals surface area contributed by atoms with E-state index in [1.807, 2.05) is 12.1 Å². The molecule has 1 saturated heterocycles. The van der Waals surface area contributed by atoms with Crippen molar-refractivity contribution in [1.82, 2.24) is 10.3 Å². The van der Waals surface area contributed by atoms with Gasteiger partial charge in [0.05, 0.1) is 16.7 Å². The van der Waals surface area contributed by atoms with Crippen molar-refractivity contribution in [1.29, 1.82) is 0 Å². The van der Waals surface area contributed by atoms with Crippen molar-refractivity contribution < 1.29 is 14.6 Å². The summed E-state index contributed by atoms with van der Waals surface area (Å²) in [6.45, 7) is 3.31. The van der Waals surface area contributed by atoms with Crippen LogP contribution in [0.25, 0.3) is 0 Å².